The van der Waals surface area contributed by atoms with Gasteiger partial charge in [0.15, 0.2) is 5.79 Å². The molecule has 3 aliphatic rings. The summed E-state index contributed by atoms with van der Waals surface area (Å²) in [5.74, 6) is -0.462. The first kappa shape index (κ1) is 30.1. The summed E-state index contributed by atoms with van der Waals surface area (Å²) in [5, 5.41) is 14.9. The normalized spacial score (nSPS) is 24.3. The summed E-state index contributed by atoms with van der Waals surface area (Å²) in [6, 6.07) is 9.63. The Morgan fingerprint density at radius 1 is 1.16 bits per heavy atom. The molecule has 0 spiro atoms. The van der Waals surface area contributed by atoms with E-state index < -0.39 is 11.8 Å². The van der Waals surface area contributed by atoms with Crippen molar-refractivity contribution in [2.75, 3.05) is 31.6 Å². The molecule has 0 bridgehead atoms. The third kappa shape index (κ3) is 6.94. The van der Waals surface area contributed by atoms with Gasteiger partial charge in [-0.25, -0.2) is 9.78 Å². The van der Waals surface area contributed by atoms with Gasteiger partial charge in [-0.1, -0.05) is 37.5 Å². The van der Waals surface area contributed by atoms with Crippen molar-refractivity contribution in [1.29, 1.82) is 0 Å². The fourth-order valence-electron chi connectivity index (χ4n) is 6.60. The highest BCUT2D eigenvalue weighted by Crippen LogP contribution is 2.44. The Kier molecular flexibility index (Phi) is 8.84. The van der Waals surface area contributed by atoms with Gasteiger partial charge >= 0.3 is 5.97 Å². The van der Waals surface area contributed by atoms with Crippen LogP contribution >= 0.6 is 22.7 Å². The van der Waals surface area contributed by atoms with Gasteiger partial charge in [0.25, 0.3) is 5.91 Å². The molecule has 2 fully saturated rings. The molecule has 1 saturated carbocycles. The Balaban J connectivity index is 1.29. The van der Waals surface area contributed by atoms with Gasteiger partial charge in [0.1, 0.15) is 10.6 Å². The molecule has 1 amide bonds. The number of thiophene rings is 1. The first-order valence-corrected chi connectivity index (χ1v) is 16.8. The van der Waals surface area contributed by atoms with Gasteiger partial charge in [-0.3, -0.25) is 9.69 Å². The van der Waals surface area contributed by atoms with Crippen LogP contribution in [0.4, 0.5) is 5.69 Å². The van der Waals surface area contributed by atoms with Gasteiger partial charge in [0, 0.05) is 41.1 Å². The summed E-state index contributed by atoms with van der Waals surface area (Å²) in [6.07, 6.45) is 5.73. The quantitative estimate of drug-likeness (QED) is 0.273. The van der Waals surface area contributed by atoms with Gasteiger partial charge in [-0.2, -0.15) is 0 Å². The molecule has 4 heterocycles. The van der Waals surface area contributed by atoms with Gasteiger partial charge in [0.2, 0.25) is 0 Å². The minimum atomic E-state index is -0.895. The topological polar surface area (TPSA) is 101 Å². The number of carbonyl (C=O) groups is 2. The van der Waals surface area contributed by atoms with Crippen LogP contribution in [0.15, 0.2) is 46.8 Å². The number of carboxylic acid groups (broad SMARTS) is 1. The van der Waals surface area contributed by atoms with E-state index >= 15 is 0 Å². The van der Waals surface area contributed by atoms with Crippen LogP contribution < -0.4 is 5.32 Å². The Morgan fingerprint density at radius 3 is 2.58 bits per heavy atom. The molecule has 0 radical (unpaired) electrons. The molecule has 43 heavy (non-hydrogen) atoms. The van der Waals surface area contributed by atoms with E-state index in [0.29, 0.717) is 35.3 Å². The molecule has 1 aliphatic carbocycles. The van der Waals surface area contributed by atoms with Crippen LogP contribution in [-0.4, -0.2) is 65.0 Å². The van der Waals surface area contributed by atoms with Crippen LogP contribution in [0.3, 0.4) is 0 Å². The summed E-state index contributed by atoms with van der Waals surface area (Å²) < 4.78 is 11.9. The number of nitrogens with one attached hydrogen (secondary N) is 1. The van der Waals surface area contributed by atoms with Crippen molar-refractivity contribution in [3.05, 3.63) is 62.9 Å². The van der Waals surface area contributed by atoms with Crippen LogP contribution in [0, 0.1) is 11.8 Å². The monoisotopic (exact) mass is 621 g/mol. The molecule has 10 heteroatoms. The van der Waals surface area contributed by atoms with Crippen molar-refractivity contribution < 1.29 is 24.2 Å². The van der Waals surface area contributed by atoms with Gasteiger partial charge in [0.05, 0.1) is 18.2 Å². The lowest BCUT2D eigenvalue weighted by Crippen LogP contribution is -2.39. The summed E-state index contributed by atoms with van der Waals surface area (Å²) in [7, 11) is 0. The predicted molar refractivity (Wildman–Crippen MR) is 171 cm³/mol. The average Bonchev–Trinajstić information content (AvgIpc) is 3.74. The minimum Gasteiger partial charge on any atom is -0.477 e. The lowest BCUT2D eigenvalue weighted by atomic mass is 9.75. The summed E-state index contributed by atoms with van der Waals surface area (Å²) in [4.78, 5) is 32.8. The summed E-state index contributed by atoms with van der Waals surface area (Å²) >= 11 is 2.70. The average molecular weight is 622 g/mol. The van der Waals surface area contributed by atoms with E-state index in [4.69, 9.17) is 9.47 Å². The number of hydrogen-bond acceptors (Lipinski definition) is 8. The fraction of sp³-hybridized carbons (Fsp3) is 0.485. The van der Waals surface area contributed by atoms with E-state index in [9.17, 15) is 14.7 Å². The lowest BCUT2D eigenvalue weighted by molar-refractivity contribution is -0.140. The smallest absolute Gasteiger partial charge is 0.346 e. The molecule has 228 valence electrons. The highest BCUT2D eigenvalue weighted by molar-refractivity contribution is 7.17. The number of amides is 1. The van der Waals surface area contributed by atoms with E-state index in [1.807, 2.05) is 38.1 Å². The number of aromatic carboxylic acids is 1. The van der Waals surface area contributed by atoms with Gasteiger partial charge in [-0.05, 0) is 74.3 Å². The molecule has 2 aromatic heterocycles. The van der Waals surface area contributed by atoms with Crippen LogP contribution in [0.2, 0.25) is 0 Å². The number of aromatic nitrogens is 1. The van der Waals surface area contributed by atoms with Crippen molar-refractivity contribution in [3.8, 4) is 10.4 Å². The fourth-order valence-corrected chi connectivity index (χ4v) is 8.16. The number of carboxylic acids is 1. The number of ether oxygens (including phenoxy) is 2. The van der Waals surface area contributed by atoms with Crippen molar-refractivity contribution in [1.82, 2.24) is 9.88 Å². The summed E-state index contributed by atoms with van der Waals surface area (Å²) in [6.45, 7) is 9.21. The molecule has 1 unspecified atom stereocenters. The molecule has 2 N–H and O–H groups in total. The first-order valence-electron chi connectivity index (χ1n) is 15.1. The number of nitrogens with zero attached hydrogens (tertiary/aromatic N) is 2. The predicted octanol–water partition coefficient (Wildman–Crippen LogP) is 7.26. The second-order valence-electron chi connectivity index (χ2n) is 12.5. The van der Waals surface area contributed by atoms with Gasteiger partial charge < -0.3 is 19.9 Å². The number of carbonyl (C=O) groups excluding carboxylic acids is 1. The highest BCUT2D eigenvalue weighted by atomic mass is 32.1. The second-order valence-corrected chi connectivity index (χ2v) is 14.2. The van der Waals surface area contributed by atoms with E-state index in [2.05, 4.69) is 28.2 Å². The zero-order valence-corrected chi connectivity index (χ0v) is 26.6. The van der Waals surface area contributed by atoms with Crippen molar-refractivity contribution in [3.63, 3.8) is 0 Å². The first-order chi connectivity index (χ1) is 20.6. The maximum Gasteiger partial charge on any atom is 0.346 e. The molecule has 1 aromatic carbocycles. The molecular weight excluding hydrogens is 583 g/mol. The Labute approximate surface area is 260 Å². The van der Waals surface area contributed by atoms with Crippen LogP contribution in [0.1, 0.15) is 78.6 Å². The third-order valence-electron chi connectivity index (χ3n) is 8.85. The van der Waals surface area contributed by atoms with Crippen molar-refractivity contribution in [2.24, 2.45) is 11.8 Å². The number of rotatable bonds is 8. The largest absolute Gasteiger partial charge is 0.477 e. The Morgan fingerprint density at radius 2 is 1.93 bits per heavy atom. The van der Waals surface area contributed by atoms with Crippen LogP contribution in [-0.2, 0) is 9.47 Å². The van der Waals surface area contributed by atoms with Crippen molar-refractivity contribution >= 4 is 45.8 Å². The van der Waals surface area contributed by atoms with E-state index in [0.717, 1.165) is 41.4 Å². The molecule has 8 nitrogen and oxygen atoms in total. The molecule has 1 saturated heterocycles. The SMILES string of the molecule is CC1CCC(C2=C(c3cc(-c4ccc(NC(=O)c5cscn5)cc4)sc3C(=O)O)CN(CC3COC(C)(C)O3)CC2)CC1. The number of benzene rings is 1. The number of anilines is 1. The van der Waals surface area contributed by atoms with Crippen LogP contribution in [0.5, 0.6) is 0 Å². The van der Waals surface area contributed by atoms with E-state index in [1.165, 1.54) is 59.5 Å². The zero-order valence-electron chi connectivity index (χ0n) is 24.9. The van der Waals surface area contributed by atoms with Crippen LogP contribution in [0.25, 0.3) is 16.0 Å². The molecule has 6 rings (SSSR count). The molecule has 1 atom stereocenters. The standard InChI is InChI=1S/C33H39N3O5S2/c1-20-4-6-21(7-5-20)25-12-13-36(15-24-17-40-33(2,3)41-24)16-27(25)26-14-29(43-30(26)32(38)39)22-8-10-23(11-9-22)35-31(37)28-18-42-19-34-28/h8-11,14,18-21,24H,4-7,12-13,15-17H2,1-3H3,(H,35,37)(H,38,39). The van der Waals surface area contributed by atoms with E-state index in [1.54, 1.807) is 10.9 Å². The maximum absolute atomic E-state index is 12.6. The zero-order chi connectivity index (χ0) is 30.1. The molecule has 2 aliphatic heterocycles. The number of hydrogen-bond donors (Lipinski definition) is 2. The Hall–Kier alpha value is -2.89. The Bertz CT molecular complexity index is 1490. The van der Waals surface area contributed by atoms with Gasteiger partial charge in [-0.15, -0.1) is 22.7 Å². The molecular formula is C33H39N3O5S2. The third-order valence-corrected chi connectivity index (χ3v) is 10.6. The van der Waals surface area contributed by atoms with Crippen molar-refractivity contribution in [2.45, 2.75) is 64.8 Å². The minimum absolute atomic E-state index is 0.000155. The van der Waals surface area contributed by atoms with E-state index in [-0.39, 0.29) is 12.0 Å². The highest BCUT2D eigenvalue weighted by Gasteiger charge is 2.36. The lowest BCUT2D eigenvalue weighted by Gasteiger charge is -2.37. The second kappa shape index (κ2) is 12.6. The summed E-state index contributed by atoms with van der Waals surface area (Å²) in [5.41, 5.74) is 7.07. The maximum atomic E-state index is 12.6. The molecule has 3 aromatic rings. The number of thiazole rings is 1.